The van der Waals surface area contributed by atoms with E-state index in [1.807, 2.05) is 31.2 Å². The summed E-state index contributed by atoms with van der Waals surface area (Å²) in [6, 6.07) is 7.85. The molecule has 0 aliphatic carbocycles. The van der Waals surface area contributed by atoms with Crippen LogP contribution in [0.25, 0.3) is 0 Å². The second-order valence-electron chi connectivity index (χ2n) is 3.70. The normalized spacial score (nSPS) is 15.8. The van der Waals surface area contributed by atoms with E-state index in [2.05, 4.69) is 10.2 Å². The molecular weight excluding hydrogens is 204 g/mol. The van der Waals surface area contributed by atoms with Crippen molar-refractivity contribution in [1.29, 1.82) is 0 Å². The number of hydrogen-bond acceptors (Lipinski definition) is 3. The Kier molecular flexibility index (Phi) is 3.29. The maximum absolute atomic E-state index is 11.2. The Bertz CT molecular complexity index is 362. The van der Waals surface area contributed by atoms with E-state index >= 15 is 0 Å². The van der Waals surface area contributed by atoms with Gasteiger partial charge < -0.3 is 15.0 Å². The smallest absolute Gasteiger partial charge is 0.239 e. The van der Waals surface area contributed by atoms with Crippen molar-refractivity contribution < 1.29 is 9.53 Å². The summed E-state index contributed by atoms with van der Waals surface area (Å²) in [5, 5.41) is 2.81. The lowest BCUT2D eigenvalue weighted by molar-refractivity contribution is -0.120. The third kappa shape index (κ3) is 2.45. The van der Waals surface area contributed by atoms with Gasteiger partial charge in [-0.15, -0.1) is 0 Å². The number of nitrogens with one attached hydrogen (secondary N) is 1. The first kappa shape index (κ1) is 10.8. The molecule has 0 atom stereocenters. The molecule has 1 aromatic carbocycles. The lowest BCUT2D eigenvalue weighted by Crippen LogP contribution is -2.47. The number of ether oxygens (including phenoxy) is 1. The van der Waals surface area contributed by atoms with Crippen LogP contribution >= 0.6 is 0 Å². The van der Waals surface area contributed by atoms with Gasteiger partial charge in [0.2, 0.25) is 5.91 Å². The van der Waals surface area contributed by atoms with Crippen molar-refractivity contribution in [2.24, 2.45) is 0 Å². The van der Waals surface area contributed by atoms with Gasteiger partial charge in [0.05, 0.1) is 13.2 Å². The van der Waals surface area contributed by atoms with Crippen LogP contribution in [0.1, 0.15) is 6.92 Å². The maximum Gasteiger partial charge on any atom is 0.239 e. The van der Waals surface area contributed by atoms with Crippen LogP contribution in [-0.2, 0) is 4.79 Å². The molecule has 86 valence electrons. The molecule has 1 fully saturated rings. The summed E-state index contributed by atoms with van der Waals surface area (Å²) >= 11 is 0. The molecule has 0 saturated carbocycles. The zero-order chi connectivity index (χ0) is 11.4. The molecule has 2 rings (SSSR count). The van der Waals surface area contributed by atoms with Gasteiger partial charge in [-0.3, -0.25) is 4.79 Å². The molecule has 1 saturated heterocycles. The zero-order valence-electron chi connectivity index (χ0n) is 9.40. The van der Waals surface area contributed by atoms with Crippen molar-refractivity contribution in [1.82, 2.24) is 5.32 Å². The van der Waals surface area contributed by atoms with Crippen molar-refractivity contribution in [3.8, 4) is 5.75 Å². The molecule has 4 nitrogen and oxygen atoms in total. The number of amides is 1. The Morgan fingerprint density at radius 1 is 1.38 bits per heavy atom. The number of piperazine rings is 1. The Morgan fingerprint density at radius 2 is 2.12 bits per heavy atom. The molecule has 0 bridgehead atoms. The van der Waals surface area contributed by atoms with Gasteiger partial charge in [0, 0.05) is 18.8 Å². The number of carbonyl (C=O) groups excluding carboxylic acids is 1. The van der Waals surface area contributed by atoms with Crippen LogP contribution < -0.4 is 15.0 Å². The Hall–Kier alpha value is -1.71. The summed E-state index contributed by atoms with van der Waals surface area (Å²) in [7, 11) is 0. The maximum atomic E-state index is 11.2. The van der Waals surface area contributed by atoms with E-state index in [9.17, 15) is 4.79 Å². The first-order valence-corrected chi connectivity index (χ1v) is 5.54. The van der Waals surface area contributed by atoms with Gasteiger partial charge in [0.25, 0.3) is 0 Å². The average molecular weight is 220 g/mol. The van der Waals surface area contributed by atoms with Gasteiger partial charge in [0.15, 0.2) is 0 Å². The third-order valence-corrected chi connectivity index (χ3v) is 2.55. The number of benzene rings is 1. The van der Waals surface area contributed by atoms with E-state index in [4.69, 9.17) is 4.74 Å². The van der Waals surface area contributed by atoms with Crippen molar-refractivity contribution in [2.75, 3.05) is 31.1 Å². The fraction of sp³-hybridized carbons (Fsp3) is 0.417. The van der Waals surface area contributed by atoms with Crippen molar-refractivity contribution in [3.63, 3.8) is 0 Å². The molecule has 0 spiro atoms. The third-order valence-electron chi connectivity index (χ3n) is 2.55. The molecule has 1 N–H and O–H groups in total. The lowest BCUT2D eigenvalue weighted by Gasteiger charge is -2.28. The SMILES string of the molecule is CCOc1ccc(N2CCNC(=O)C2)cc1. The minimum atomic E-state index is 0.0835. The second kappa shape index (κ2) is 4.88. The highest BCUT2D eigenvalue weighted by molar-refractivity contribution is 5.82. The van der Waals surface area contributed by atoms with Crippen LogP contribution in [0.3, 0.4) is 0 Å². The van der Waals surface area contributed by atoms with Gasteiger partial charge in [-0.2, -0.15) is 0 Å². The highest BCUT2D eigenvalue weighted by Crippen LogP contribution is 2.19. The molecular formula is C12H16N2O2. The second-order valence-corrected chi connectivity index (χ2v) is 3.70. The molecule has 1 aromatic rings. The topological polar surface area (TPSA) is 41.6 Å². The van der Waals surface area contributed by atoms with Gasteiger partial charge in [0.1, 0.15) is 5.75 Å². The highest BCUT2D eigenvalue weighted by atomic mass is 16.5. The fourth-order valence-electron chi connectivity index (χ4n) is 1.78. The summed E-state index contributed by atoms with van der Waals surface area (Å²) in [6.45, 7) is 4.65. The molecule has 1 heterocycles. The van der Waals surface area contributed by atoms with Gasteiger partial charge in [-0.05, 0) is 31.2 Å². The molecule has 16 heavy (non-hydrogen) atoms. The first-order valence-electron chi connectivity index (χ1n) is 5.54. The summed E-state index contributed by atoms with van der Waals surface area (Å²) in [4.78, 5) is 13.3. The van der Waals surface area contributed by atoms with Crippen LogP contribution in [0.15, 0.2) is 24.3 Å². The standard InChI is InChI=1S/C12H16N2O2/c1-2-16-11-5-3-10(4-6-11)14-8-7-13-12(15)9-14/h3-6H,2,7-9H2,1H3,(H,13,15). The Balaban J connectivity index is 2.05. The molecule has 4 heteroatoms. The molecule has 0 radical (unpaired) electrons. The van der Waals surface area contributed by atoms with E-state index in [0.717, 1.165) is 18.0 Å². The minimum absolute atomic E-state index is 0.0835. The van der Waals surface area contributed by atoms with E-state index in [0.29, 0.717) is 19.7 Å². The monoisotopic (exact) mass is 220 g/mol. The molecule has 1 aliphatic heterocycles. The van der Waals surface area contributed by atoms with Crippen molar-refractivity contribution in [3.05, 3.63) is 24.3 Å². The van der Waals surface area contributed by atoms with E-state index in [1.165, 1.54) is 0 Å². The van der Waals surface area contributed by atoms with Crippen LogP contribution in [0.4, 0.5) is 5.69 Å². The Labute approximate surface area is 95.2 Å². The van der Waals surface area contributed by atoms with E-state index in [1.54, 1.807) is 0 Å². The van der Waals surface area contributed by atoms with E-state index in [-0.39, 0.29) is 5.91 Å². The fourth-order valence-corrected chi connectivity index (χ4v) is 1.78. The molecule has 1 amide bonds. The first-order chi connectivity index (χ1) is 7.79. The van der Waals surface area contributed by atoms with Gasteiger partial charge in [-0.25, -0.2) is 0 Å². The predicted molar refractivity (Wildman–Crippen MR) is 62.8 cm³/mol. The summed E-state index contributed by atoms with van der Waals surface area (Å²) < 4.78 is 5.37. The van der Waals surface area contributed by atoms with Crippen LogP contribution in [0.5, 0.6) is 5.75 Å². The number of anilines is 1. The molecule has 1 aliphatic rings. The quantitative estimate of drug-likeness (QED) is 0.827. The lowest BCUT2D eigenvalue weighted by atomic mass is 10.2. The summed E-state index contributed by atoms with van der Waals surface area (Å²) in [6.07, 6.45) is 0. The van der Waals surface area contributed by atoms with Crippen molar-refractivity contribution in [2.45, 2.75) is 6.92 Å². The summed E-state index contributed by atoms with van der Waals surface area (Å²) in [5.74, 6) is 0.952. The summed E-state index contributed by atoms with van der Waals surface area (Å²) in [5.41, 5.74) is 1.07. The highest BCUT2D eigenvalue weighted by Gasteiger charge is 2.15. The molecule has 0 unspecified atom stereocenters. The van der Waals surface area contributed by atoms with Crippen LogP contribution in [0.2, 0.25) is 0 Å². The largest absolute Gasteiger partial charge is 0.494 e. The van der Waals surface area contributed by atoms with Gasteiger partial charge >= 0.3 is 0 Å². The Morgan fingerprint density at radius 3 is 2.75 bits per heavy atom. The number of nitrogens with zero attached hydrogens (tertiary/aromatic N) is 1. The number of rotatable bonds is 3. The van der Waals surface area contributed by atoms with E-state index < -0.39 is 0 Å². The molecule has 0 aromatic heterocycles. The zero-order valence-corrected chi connectivity index (χ0v) is 9.40. The van der Waals surface area contributed by atoms with Gasteiger partial charge in [-0.1, -0.05) is 0 Å². The van der Waals surface area contributed by atoms with Crippen molar-refractivity contribution >= 4 is 11.6 Å². The number of hydrogen-bond donors (Lipinski definition) is 1. The van der Waals surface area contributed by atoms with Crippen LogP contribution in [-0.4, -0.2) is 32.1 Å². The van der Waals surface area contributed by atoms with Crippen LogP contribution in [0, 0.1) is 0 Å². The predicted octanol–water partition coefficient (Wildman–Crippen LogP) is 1.02. The number of carbonyl (C=O) groups is 1. The average Bonchev–Trinajstić information content (AvgIpc) is 2.30. The minimum Gasteiger partial charge on any atom is -0.494 e.